The van der Waals surface area contributed by atoms with Gasteiger partial charge in [-0.05, 0) is 17.7 Å². The number of para-hydroxylation sites is 1. The number of nitrogens with zero attached hydrogens (tertiary/aromatic N) is 2. The highest BCUT2D eigenvalue weighted by Gasteiger charge is 2.31. The molecule has 2 aliphatic rings. The Hall–Kier alpha value is -4.29. The van der Waals surface area contributed by atoms with Crippen LogP contribution in [0.5, 0.6) is 5.75 Å². The van der Waals surface area contributed by atoms with E-state index < -0.39 is 23.9 Å². The Labute approximate surface area is 212 Å². The fraction of sp³-hybridized carbons (Fsp3) is 0.320. The number of ether oxygens (including phenoxy) is 1. The van der Waals surface area contributed by atoms with E-state index in [0.717, 1.165) is 50.6 Å². The molecule has 0 bridgehead atoms. The van der Waals surface area contributed by atoms with Gasteiger partial charge >= 0.3 is 23.9 Å². The molecule has 0 saturated carbocycles. The van der Waals surface area contributed by atoms with Gasteiger partial charge in [-0.1, -0.05) is 42.5 Å². The van der Waals surface area contributed by atoms with E-state index in [1.807, 2.05) is 24.3 Å². The van der Waals surface area contributed by atoms with Gasteiger partial charge in [-0.15, -0.1) is 0 Å². The number of fused-ring (bicyclic) bond motifs is 1. The molecular weight excluding hydrogens is 488 g/mol. The van der Waals surface area contributed by atoms with Crippen LogP contribution in [0.1, 0.15) is 15.9 Å². The molecule has 0 amide bonds. The first-order valence-corrected chi connectivity index (χ1v) is 11.3. The molecule has 37 heavy (non-hydrogen) atoms. The summed E-state index contributed by atoms with van der Waals surface area (Å²) < 4.78 is 5.79. The molecule has 2 aromatic carbocycles. The molecule has 4 N–H and O–H groups in total. The molecule has 4 rings (SSSR count). The van der Waals surface area contributed by atoms with Gasteiger partial charge in [-0.3, -0.25) is 14.6 Å². The van der Waals surface area contributed by atoms with Crippen LogP contribution in [-0.4, -0.2) is 99.2 Å². The van der Waals surface area contributed by atoms with Gasteiger partial charge in [0.1, 0.15) is 5.75 Å². The molecule has 198 valence electrons. The molecule has 0 aliphatic carbocycles. The first-order chi connectivity index (χ1) is 17.6. The van der Waals surface area contributed by atoms with Crippen molar-refractivity contribution in [2.75, 3.05) is 39.3 Å². The van der Waals surface area contributed by atoms with Crippen LogP contribution >= 0.6 is 0 Å². The number of carboxylic acid groups (broad SMARTS) is 4. The lowest BCUT2D eigenvalue weighted by Crippen LogP contribution is -2.49. The molecule has 1 saturated heterocycles. The van der Waals surface area contributed by atoms with Crippen molar-refractivity contribution < 1.29 is 49.1 Å². The minimum atomic E-state index is -1.82. The van der Waals surface area contributed by atoms with E-state index in [4.69, 9.17) is 44.3 Å². The van der Waals surface area contributed by atoms with E-state index in [2.05, 4.69) is 40.1 Å². The highest BCUT2D eigenvalue weighted by atomic mass is 16.5. The van der Waals surface area contributed by atoms with Crippen LogP contribution in [0.4, 0.5) is 0 Å². The normalized spacial score (nSPS) is 17.0. The van der Waals surface area contributed by atoms with Gasteiger partial charge in [-0.2, -0.15) is 0 Å². The van der Waals surface area contributed by atoms with Gasteiger partial charge in [0.25, 0.3) is 0 Å². The number of Topliss-reactive ketones (excluding diaryl/α,β-unsaturated/α-hetero) is 1. The number of carbonyl (C=O) groups is 5. The molecule has 12 nitrogen and oxygen atoms in total. The van der Waals surface area contributed by atoms with Crippen LogP contribution in [0.2, 0.25) is 0 Å². The largest absolute Gasteiger partial charge is 0.492 e. The minimum absolute atomic E-state index is 0.0458. The summed E-state index contributed by atoms with van der Waals surface area (Å²) in [6, 6.07) is 18.2. The first-order valence-electron chi connectivity index (χ1n) is 11.3. The van der Waals surface area contributed by atoms with Crippen molar-refractivity contribution in [1.82, 2.24) is 9.80 Å². The van der Waals surface area contributed by atoms with E-state index in [9.17, 15) is 4.79 Å². The van der Waals surface area contributed by atoms with Crippen molar-refractivity contribution in [3.05, 3.63) is 65.7 Å². The van der Waals surface area contributed by atoms with E-state index in [0.29, 0.717) is 6.61 Å². The summed E-state index contributed by atoms with van der Waals surface area (Å²) in [6.07, 6.45) is 0. The molecule has 2 aliphatic heterocycles. The average molecular weight is 517 g/mol. The monoisotopic (exact) mass is 516 g/mol. The van der Waals surface area contributed by atoms with Crippen LogP contribution < -0.4 is 4.74 Å². The molecule has 2 heterocycles. The molecule has 2 aromatic rings. The third-order valence-corrected chi connectivity index (χ3v) is 5.52. The highest BCUT2D eigenvalue weighted by molar-refractivity contribution is 6.27. The standard InChI is InChI=1S/C21H24N2O2.2C2H2O4/c24-21-18(16-25-20-9-5-4-8-19(20)21)15-23-12-10-22(11-13-23)14-17-6-2-1-3-7-17;2*3-1(4)2(5)6/h1-9,18H,10-16H2;2*(H,3,4)(H,5,6). The Balaban J connectivity index is 0.000000336. The molecule has 0 aromatic heterocycles. The number of aliphatic carboxylic acids is 4. The topological polar surface area (TPSA) is 182 Å². The SMILES string of the molecule is O=C(O)C(=O)O.O=C(O)C(=O)O.O=C1c2ccccc2OCC1CN1CCN(Cc2ccccc2)CC1. The van der Waals surface area contributed by atoms with Crippen molar-refractivity contribution in [3.8, 4) is 5.75 Å². The van der Waals surface area contributed by atoms with Gasteiger partial charge < -0.3 is 25.2 Å². The van der Waals surface area contributed by atoms with Gasteiger partial charge in [0, 0.05) is 39.3 Å². The number of ketones is 1. The van der Waals surface area contributed by atoms with E-state index in [1.54, 1.807) is 0 Å². The summed E-state index contributed by atoms with van der Waals surface area (Å²) in [5, 5.41) is 29.6. The van der Waals surface area contributed by atoms with Crippen LogP contribution in [0, 0.1) is 5.92 Å². The second-order valence-corrected chi connectivity index (χ2v) is 8.15. The smallest absolute Gasteiger partial charge is 0.414 e. The summed E-state index contributed by atoms with van der Waals surface area (Å²) in [7, 11) is 0. The first kappa shape index (κ1) is 28.9. The minimum Gasteiger partial charge on any atom is -0.492 e. The van der Waals surface area contributed by atoms with E-state index in [-0.39, 0.29) is 11.7 Å². The van der Waals surface area contributed by atoms with Gasteiger partial charge in [0.15, 0.2) is 5.78 Å². The third kappa shape index (κ3) is 9.70. The number of rotatable bonds is 4. The Bertz CT molecular complexity index is 1050. The zero-order valence-electron chi connectivity index (χ0n) is 19.9. The van der Waals surface area contributed by atoms with Crippen molar-refractivity contribution in [3.63, 3.8) is 0 Å². The second kappa shape index (κ2) is 14.3. The Morgan fingerprint density at radius 1 is 0.730 bits per heavy atom. The molecule has 1 unspecified atom stereocenters. The Morgan fingerprint density at radius 2 is 1.22 bits per heavy atom. The Morgan fingerprint density at radius 3 is 1.76 bits per heavy atom. The predicted molar refractivity (Wildman–Crippen MR) is 128 cm³/mol. The van der Waals surface area contributed by atoms with Crippen LogP contribution in [0.15, 0.2) is 54.6 Å². The average Bonchev–Trinajstić information content (AvgIpc) is 2.88. The van der Waals surface area contributed by atoms with Crippen LogP contribution in [0.3, 0.4) is 0 Å². The molecule has 0 spiro atoms. The predicted octanol–water partition coefficient (Wildman–Crippen LogP) is 1.01. The molecule has 12 heteroatoms. The Kier molecular flexibility index (Phi) is 11.2. The fourth-order valence-corrected chi connectivity index (χ4v) is 3.70. The molecule has 1 atom stereocenters. The van der Waals surface area contributed by atoms with Crippen molar-refractivity contribution in [2.24, 2.45) is 5.92 Å². The lowest BCUT2D eigenvalue weighted by Gasteiger charge is -2.37. The van der Waals surface area contributed by atoms with Crippen LogP contribution in [-0.2, 0) is 25.7 Å². The number of carboxylic acids is 4. The summed E-state index contributed by atoms with van der Waals surface area (Å²) >= 11 is 0. The third-order valence-electron chi connectivity index (χ3n) is 5.52. The maximum Gasteiger partial charge on any atom is 0.414 e. The van der Waals surface area contributed by atoms with Crippen LogP contribution in [0.25, 0.3) is 0 Å². The van der Waals surface area contributed by atoms with Crippen molar-refractivity contribution in [2.45, 2.75) is 6.54 Å². The number of hydrogen-bond acceptors (Lipinski definition) is 8. The van der Waals surface area contributed by atoms with Gasteiger partial charge in [-0.25, -0.2) is 19.2 Å². The number of carbonyl (C=O) groups excluding carboxylic acids is 1. The number of benzene rings is 2. The summed E-state index contributed by atoms with van der Waals surface area (Å²) in [5.41, 5.74) is 2.10. The molecule has 1 fully saturated rings. The lowest BCUT2D eigenvalue weighted by molar-refractivity contribution is -0.159. The van der Waals surface area contributed by atoms with Crippen molar-refractivity contribution >= 4 is 29.7 Å². The maximum atomic E-state index is 12.7. The quantitative estimate of drug-likeness (QED) is 0.424. The lowest BCUT2D eigenvalue weighted by atomic mass is 9.94. The highest BCUT2D eigenvalue weighted by Crippen LogP contribution is 2.27. The number of piperazine rings is 1. The molecular formula is C25H28N2O10. The summed E-state index contributed by atoms with van der Waals surface area (Å²) in [5.74, 6) is -6.38. The molecule has 0 radical (unpaired) electrons. The van der Waals surface area contributed by atoms with E-state index in [1.165, 1.54) is 5.56 Å². The number of hydrogen-bond donors (Lipinski definition) is 4. The second-order valence-electron chi connectivity index (χ2n) is 8.15. The summed E-state index contributed by atoms with van der Waals surface area (Å²) in [6.45, 7) is 6.43. The zero-order chi connectivity index (χ0) is 27.4. The van der Waals surface area contributed by atoms with Gasteiger partial charge in [0.2, 0.25) is 0 Å². The van der Waals surface area contributed by atoms with Gasteiger partial charge in [0.05, 0.1) is 18.1 Å². The van der Waals surface area contributed by atoms with Crippen molar-refractivity contribution in [1.29, 1.82) is 0 Å². The zero-order valence-corrected chi connectivity index (χ0v) is 19.9. The van der Waals surface area contributed by atoms with E-state index >= 15 is 0 Å². The fourth-order valence-electron chi connectivity index (χ4n) is 3.70. The maximum absolute atomic E-state index is 12.7. The summed E-state index contributed by atoms with van der Waals surface area (Å²) in [4.78, 5) is 54.0.